The van der Waals surface area contributed by atoms with Gasteiger partial charge in [0.2, 0.25) is 0 Å². The van der Waals surface area contributed by atoms with Crippen molar-refractivity contribution in [2.24, 2.45) is 5.73 Å². The molecule has 0 amide bonds. The third-order valence-corrected chi connectivity index (χ3v) is 2.86. The number of amidine groups is 1. The summed E-state index contributed by atoms with van der Waals surface area (Å²) >= 11 is 0. The second-order valence-electron chi connectivity index (χ2n) is 4.11. The van der Waals surface area contributed by atoms with Gasteiger partial charge in [-0.25, -0.2) is 0 Å². The van der Waals surface area contributed by atoms with E-state index in [0.717, 1.165) is 12.0 Å². The van der Waals surface area contributed by atoms with E-state index < -0.39 is 0 Å². The van der Waals surface area contributed by atoms with Crippen molar-refractivity contribution in [3.05, 3.63) is 71.8 Å². The Kier molecular flexibility index (Phi) is 3.55. The first-order valence-corrected chi connectivity index (χ1v) is 5.70. The highest BCUT2D eigenvalue weighted by molar-refractivity contribution is 5.84. The molecule has 0 aliphatic heterocycles. The molecule has 0 bridgehead atoms. The van der Waals surface area contributed by atoms with Crippen LogP contribution in [0.25, 0.3) is 0 Å². The lowest BCUT2D eigenvalue weighted by atomic mass is 9.91. The summed E-state index contributed by atoms with van der Waals surface area (Å²) in [6.45, 7) is 0. The predicted octanol–water partition coefficient (Wildman–Crippen LogP) is 2.95. The van der Waals surface area contributed by atoms with E-state index in [2.05, 4.69) is 12.1 Å². The van der Waals surface area contributed by atoms with Crippen molar-refractivity contribution in [1.29, 1.82) is 5.41 Å². The van der Waals surface area contributed by atoms with E-state index in [4.69, 9.17) is 11.1 Å². The highest BCUT2D eigenvalue weighted by Crippen LogP contribution is 2.20. The summed E-state index contributed by atoms with van der Waals surface area (Å²) in [5.41, 5.74) is 8.01. The van der Waals surface area contributed by atoms with Gasteiger partial charge in [0, 0.05) is 5.92 Å². The smallest absolute Gasteiger partial charge is 0.0985 e. The maximum Gasteiger partial charge on any atom is 0.0985 e. The average Bonchev–Trinajstić information content (AvgIpc) is 2.38. The van der Waals surface area contributed by atoms with Crippen LogP contribution in [0.3, 0.4) is 0 Å². The quantitative estimate of drug-likeness (QED) is 0.609. The van der Waals surface area contributed by atoms with Crippen LogP contribution in [-0.4, -0.2) is 5.84 Å². The summed E-state index contributed by atoms with van der Waals surface area (Å²) in [4.78, 5) is 0. The normalized spacial score (nSPS) is 12.0. The molecule has 0 saturated carbocycles. The van der Waals surface area contributed by atoms with E-state index in [9.17, 15) is 0 Å². The van der Waals surface area contributed by atoms with Crippen molar-refractivity contribution in [3.8, 4) is 0 Å². The molecule has 0 saturated heterocycles. The number of hydrogen-bond acceptors (Lipinski definition) is 1. The monoisotopic (exact) mass is 224 g/mol. The van der Waals surface area contributed by atoms with Gasteiger partial charge in [-0.2, -0.15) is 0 Å². The van der Waals surface area contributed by atoms with Crippen molar-refractivity contribution < 1.29 is 0 Å². The molecule has 0 radical (unpaired) electrons. The van der Waals surface area contributed by atoms with Crippen LogP contribution in [0.15, 0.2) is 60.7 Å². The van der Waals surface area contributed by atoms with Gasteiger partial charge in [-0.1, -0.05) is 60.7 Å². The van der Waals surface area contributed by atoms with Crippen LogP contribution in [0, 0.1) is 5.41 Å². The molecule has 0 heterocycles. The van der Waals surface area contributed by atoms with Crippen LogP contribution >= 0.6 is 0 Å². The minimum Gasteiger partial charge on any atom is -0.387 e. The van der Waals surface area contributed by atoms with Crippen LogP contribution < -0.4 is 5.73 Å². The SMILES string of the molecule is N=C(N)C(Cc1ccccc1)c1ccccc1. The summed E-state index contributed by atoms with van der Waals surface area (Å²) in [5, 5.41) is 7.72. The lowest BCUT2D eigenvalue weighted by molar-refractivity contribution is 0.861. The highest BCUT2D eigenvalue weighted by atomic mass is 14.7. The van der Waals surface area contributed by atoms with E-state index in [1.165, 1.54) is 5.56 Å². The molecule has 2 rings (SSSR count). The van der Waals surface area contributed by atoms with E-state index in [1.807, 2.05) is 48.5 Å². The fraction of sp³-hybridized carbons (Fsp3) is 0.133. The zero-order valence-electron chi connectivity index (χ0n) is 9.64. The molecule has 86 valence electrons. The summed E-state index contributed by atoms with van der Waals surface area (Å²) < 4.78 is 0. The highest BCUT2D eigenvalue weighted by Gasteiger charge is 2.14. The van der Waals surface area contributed by atoms with Gasteiger partial charge in [0.1, 0.15) is 0 Å². The third kappa shape index (κ3) is 2.94. The van der Waals surface area contributed by atoms with E-state index in [1.54, 1.807) is 0 Å². The predicted molar refractivity (Wildman–Crippen MR) is 71.2 cm³/mol. The Morgan fingerprint density at radius 3 is 2.00 bits per heavy atom. The van der Waals surface area contributed by atoms with E-state index >= 15 is 0 Å². The molecule has 2 aromatic carbocycles. The van der Waals surface area contributed by atoms with Crippen molar-refractivity contribution in [3.63, 3.8) is 0 Å². The molecule has 0 aromatic heterocycles. The minimum atomic E-state index is -0.0291. The third-order valence-electron chi connectivity index (χ3n) is 2.86. The zero-order chi connectivity index (χ0) is 12.1. The molecule has 0 fully saturated rings. The Hall–Kier alpha value is -2.09. The molecule has 0 aliphatic rings. The number of rotatable bonds is 4. The summed E-state index contributed by atoms with van der Waals surface area (Å²) in [5.74, 6) is 0.193. The van der Waals surface area contributed by atoms with Crippen molar-refractivity contribution in [2.75, 3.05) is 0 Å². The summed E-state index contributed by atoms with van der Waals surface area (Å²) in [6, 6.07) is 20.1. The Morgan fingerprint density at radius 2 is 1.47 bits per heavy atom. The molecule has 1 unspecified atom stereocenters. The van der Waals surface area contributed by atoms with Gasteiger partial charge in [-0.05, 0) is 17.5 Å². The summed E-state index contributed by atoms with van der Waals surface area (Å²) in [6.07, 6.45) is 0.778. The Morgan fingerprint density at radius 1 is 0.941 bits per heavy atom. The maximum atomic E-state index is 7.72. The molecule has 2 heteroatoms. The fourth-order valence-corrected chi connectivity index (χ4v) is 1.94. The van der Waals surface area contributed by atoms with Crippen LogP contribution in [-0.2, 0) is 6.42 Å². The van der Waals surface area contributed by atoms with Crippen LogP contribution in [0.4, 0.5) is 0 Å². The number of benzene rings is 2. The Balaban J connectivity index is 2.23. The van der Waals surface area contributed by atoms with E-state index in [-0.39, 0.29) is 11.8 Å². The molecule has 1 atom stereocenters. The Labute approximate surface area is 102 Å². The van der Waals surface area contributed by atoms with Crippen LogP contribution in [0.2, 0.25) is 0 Å². The fourth-order valence-electron chi connectivity index (χ4n) is 1.94. The number of nitrogens with two attached hydrogens (primary N) is 1. The van der Waals surface area contributed by atoms with Crippen molar-refractivity contribution in [1.82, 2.24) is 0 Å². The number of nitrogens with one attached hydrogen (secondary N) is 1. The molecular weight excluding hydrogens is 208 g/mol. The number of hydrogen-bond donors (Lipinski definition) is 2. The Bertz CT molecular complexity index is 477. The zero-order valence-corrected chi connectivity index (χ0v) is 9.64. The lowest BCUT2D eigenvalue weighted by Crippen LogP contribution is -2.22. The van der Waals surface area contributed by atoms with Crippen molar-refractivity contribution >= 4 is 5.84 Å². The van der Waals surface area contributed by atoms with Crippen LogP contribution in [0.5, 0.6) is 0 Å². The second-order valence-corrected chi connectivity index (χ2v) is 4.11. The van der Waals surface area contributed by atoms with Gasteiger partial charge in [-0.3, -0.25) is 5.41 Å². The van der Waals surface area contributed by atoms with Gasteiger partial charge in [-0.15, -0.1) is 0 Å². The first kappa shape index (κ1) is 11.4. The molecule has 3 N–H and O–H groups in total. The first-order valence-electron chi connectivity index (χ1n) is 5.70. The van der Waals surface area contributed by atoms with Gasteiger partial charge in [0.15, 0.2) is 0 Å². The summed E-state index contributed by atoms with van der Waals surface area (Å²) in [7, 11) is 0. The van der Waals surface area contributed by atoms with Gasteiger partial charge in [0.05, 0.1) is 5.84 Å². The van der Waals surface area contributed by atoms with Crippen LogP contribution in [0.1, 0.15) is 17.0 Å². The van der Waals surface area contributed by atoms with Crippen molar-refractivity contribution in [2.45, 2.75) is 12.3 Å². The topological polar surface area (TPSA) is 49.9 Å². The molecule has 17 heavy (non-hydrogen) atoms. The molecular formula is C15H16N2. The largest absolute Gasteiger partial charge is 0.387 e. The molecule has 0 spiro atoms. The maximum absolute atomic E-state index is 7.72. The minimum absolute atomic E-state index is 0.0291. The standard InChI is InChI=1S/C15H16N2/c16-15(17)14(13-9-5-2-6-10-13)11-12-7-3-1-4-8-12/h1-10,14H,11H2,(H3,16,17). The van der Waals surface area contributed by atoms with Gasteiger partial charge >= 0.3 is 0 Å². The second kappa shape index (κ2) is 5.30. The van der Waals surface area contributed by atoms with Gasteiger partial charge in [0.25, 0.3) is 0 Å². The van der Waals surface area contributed by atoms with E-state index in [0.29, 0.717) is 0 Å². The molecule has 2 aromatic rings. The molecule has 0 aliphatic carbocycles. The average molecular weight is 224 g/mol. The molecule has 2 nitrogen and oxygen atoms in total. The van der Waals surface area contributed by atoms with Gasteiger partial charge < -0.3 is 5.73 Å². The lowest BCUT2D eigenvalue weighted by Gasteiger charge is -2.15. The first-order chi connectivity index (χ1) is 8.27.